The van der Waals surface area contributed by atoms with Crippen LogP contribution in [0.3, 0.4) is 0 Å². The maximum atomic E-state index is 9.98. The van der Waals surface area contributed by atoms with E-state index in [4.69, 9.17) is 10.5 Å². The van der Waals surface area contributed by atoms with Gasteiger partial charge in [-0.15, -0.1) is 11.5 Å². The van der Waals surface area contributed by atoms with E-state index in [0.717, 1.165) is 12.2 Å². The average molecular weight is 526 g/mol. The molecule has 0 heterocycles. The van der Waals surface area contributed by atoms with Gasteiger partial charge < -0.3 is 10.2 Å². The first-order chi connectivity index (χ1) is 11.5. The van der Waals surface area contributed by atoms with Crippen molar-refractivity contribution in [3.63, 3.8) is 0 Å². The average Bonchev–Trinajstić information content (AvgIpc) is 2.22. The minimum absolute atomic E-state index is 0. The number of rotatable bonds is 2. The summed E-state index contributed by atoms with van der Waals surface area (Å²) in [7, 11) is -10.7. The molecule has 165 valence electrons. The van der Waals surface area contributed by atoms with Crippen molar-refractivity contribution in [3.05, 3.63) is 23.7 Å². The van der Waals surface area contributed by atoms with Crippen LogP contribution < -0.4 is 10.2 Å². The third-order valence-corrected chi connectivity index (χ3v) is 0.813. The van der Waals surface area contributed by atoms with E-state index < -0.39 is 7.81 Å². The molecule has 28 heavy (non-hydrogen) atoms. The Morgan fingerprint density at radius 1 is 0.750 bits per heavy atom. The largest absolute Gasteiger partial charge is 3.00 e. The Bertz CT molecular complexity index is 546. The van der Waals surface area contributed by atoms with Crippen molar-refractivity contribution in [1.29, 1.82) is 10.5 Å². The molecule has 0 spiro atoms. The summed E-state index contributed by atoms with van der Waals surface area (Å²) in [6.45, 7) is 8.26. The molecule has 0 unspecified atom stereocenters. The van der Waals surface area contributed by atoms with Crippen molar-refractivity contribution in [2.75, 3.05) is 0 Å². The zero-order valence-electron chi connectivity index (χ0n) is 15.8. The summed E-state index contributed by atoms with van der Waals surface area (Å²) in [4.78, 5) is 20.0. The summed E-state index contributed by atoms with van der Waals surface area (Å²) in [5.74, 6) is -0.750. The Balaban J connectivity index is -0.0000000559. The summed E-state index contributed by atoms with van der Waals surface area (Å²) < 4.78 is 59.2. The molecule has 14 heteroatoms. The summed E-state index contributed by atoms with van der Waals surface area (Å²) in [5.41, 5.74) is 0. The molecule has 0 aliphatic rings. The Morgan fingerprint density at radius 2 is 0.857 bits per heavy atom. The first-order valence-electron chi connectivity index (χ1n) is 6.43. The Kier molecular flexibility index (Phi) is 24.9. The van der Waals surface area contributed by atoms with E-state index in [9.17, 15) is 45.0 Å². The molecule has 0 aromatic carbocycles. The van der Waals surface area contributed by atoms with Crippen molar-refractivity contribution in [2.24, 2.45) is 0 Å². The van der Waals surface area contributed by atoms with Gasteiger partial charge in [0.15, 0.2) is 11.6 Å². The topological polar surface area (TPSA) is 128 Å². The van der Waals surface area contributed by atoms with Gasteiger partial charge in [0, 0.05) is 13.8 Å². The van der Waals surface area contributed by atoms with Gasteiger partial charge in [0.1, 0.15) is 0 Å². The molecule has 0 N–H and O–H groups in total. The van der Waals surface area contributed by atoms with Crippen LogP contribution in [0.4, 0.5) is 25.2 Å². The SMILES string of the molecule is CC#N.CC#N.CC(=O)/C=C(/C)[O-].CC(=O)/C=C(/C)[O-].F[P-](F)(F)(F)(F)F.[Ru+3]. The quantitative estimate of drug-likeness (QED) is 0.175. The summed E-state index contributed by atoms with van der Waals surface area (Å²) in [6.07, 6.45) is 2.11. The van der Waals surface area contributed by atoms with E-state index in [-0.39, 0.29) is 42.6 Å². The minimum atomic E-state index is -10.7. The molecule has 0 aliphatic carbocycles. The zero-order chi connectivity index (χ0) is 23.5. The van der Waals surface area contributed by atoms with E-state index in [1.165, 1.54) is 41.5 Å². The van der Waals surface area contributed by atoms with E-state index in [0.29, 0.717) is 0 Å². The normalized spacial score (nSPS) is 12.1. The molecule has 0 aliphatic heterocycles. The number of carbonyl (C=O) groups excluding carboxylic acids is 2. The van der Waals surface area contributed by atoms with Gasteiger partial charge >= 0.3 is 52.5 Å². The summed E-state index contributed by atoms with van der Waals surface area (Å²) in [6, 6.07) is 3.50. The molecular formula is C14H20F6N2O4PRu. The Hall–Kier alpha value is -1.97. The molecule has 1 radical (unpaired) electrons. The van der Waals surface area contributed by atoms with Crippen LogP contribution in [0.15, 0.2) is 23.7 Å². The van der Waals surface area contributed by atoms with Gasteiger partial charge in [-0.2, -0.15) is 10.5 Å². The predicted molar refractivity (Wildman–Crippen MR) is 85.0 cm³/mol. The molecule has 0 amide bonds. The number of nitrogens with zero attached hydrogens (tertiary/aromatic N) is 2. The molecule has 0 saturated carbocycles. The van der Waals surface area contributed by atoms with Crippen LogP contribution in [0.1, 0.15) is 41.5 Å². The molecule has 0 fully saturated rings. The molecule has 0 atom stereocenters. The fourth-order valence-electron chi connectivity index (χ4n) is 0.572. The van der Waals surface area contributed by atoms with Gasteiger partial charge in [-0.3, -0.25) is 9.59 Å². The van der Waals surface area contributed by atoms with E-state index in [2.05, 4.69) is 0 Å². The molecular weight excluding hydrogens is 506 g/mol. The summed E-state index contributed by atoms with van der Waals surface area (Å²) >= 11 is 0. The second kappa shape index (κ2) is 17.2. The van der Waals surface area contributed by atoms with Gasteiger partial charge in [-0.05, 0) is 26.0 Å². The van der Waals surface area contributed by atoms with Gasteiger partial charge in [0.2, 0.25) is 0 Å². The number of ketones is 2. The van der Waals surface area contributed by atoms with Crippen LogP contribution in [-0.2, 0) is 29.1 Å². The summed E-state index contributed by atoms with van der Waals surface area (Å²) in [5, 5.41) is 34.6. The van der Waals surface area contributed by atoms with Crippen LogP contribution >= 0.6 is 7.81 Å². The first-order valence-corrected chi connectivity index (χ1v) is 8.46. The molecule has 0 bridgehead atoms. The maximum Gasteiger partial charge on any atom is 3.00 e. The molecule has 0 rings (SSSR count). The van der Waals surface area contributed by atoms with Crippen molar-refractivity contribution < 1.29 is 64.5 Å². The predicted octanol–water partition coefficient (Wildman–Crippen LogP) is 4.12. The van der Waals surface area contributed by atoms with Crippen LogP contribution in [0.25, 0.3) is 0 Å². The van der Waals surface area contributed by atoms with Gasteiger partial charge in [0.25, 0.3) is 0 Å². The van der Waals surface area contributed by atoms with Gasteiger partial charge in [0.05, 0.1) is 12.1 Å². The second-order valence-electron chi connectivity index (χ2n) is 4.14. The number of allylic oxidation sites excluding steroid dienone is 4. The number of carbonyl (C=O) groups is 2. The van der Waals surface area contributed by atoms with Crippen LogP contribution in [0.5, 0.6) is 0 Å². The standard InChI is InChI=1S/2C5H8O2.2C2H3N.F6P.Ru/c2*1-4(6)3-5(2)7;2*1-2-3;1-7(2,3,4,5)6;/h2*3,6H,1-2H3;2*1H3;;/q;;;;-1;+3/p-2/b2*4-3-;;;;. The fourth-order valence-corrected chi connectivity index (χ4v) is 0.572. The van der Waals surface area contributed by atoms with E-state index >= 15 is 0 Å². The van der Waals surface area contributed by atoms with Crippen LogP contribution in [-0.4, -0.2) is 11.6 Å². The van der Waals surface area contributed by atoms with E-state index in [1.807, 2.05) is 0 Å². The van der Waals surface area contributed by atoms with Crippen LogP contribution in [0, 0.1) is 22.7 Å². The monoisotopic (exact) mass is 527 g/mol. The van der Waals surface area contributed by atoms with Gasteiger partial charge in [-0.1, -0.05) is 13.8 Å². The smallest absolute Gasteiger partial charge is 3.00 e. The number of nitriles is 2. The Morgan fingerprint density at radius 3 is 0.857 bits per heavy atom. The van der Waals surface area contributed by atoms with Crippen molar-refractivity contribution in [1.82, 2.24) is 0 Å². The minimum Gasteiger partial charge on any atom is 3.00 e. The second-order valence-corrected chi connectivity index (χ2v) is 6.05. The number of halogens is 6. The molecule has 6 nitrogen and oxygen atoms in total. The fraction of sp³-hybridized carbons (Fsp3) is 0.429. The van der Waals surface area contributed by atoms with Crippen LogP contribution in [0.2, 0.25) is 0 Å². The molecule has 0 saturated heterocycles. The first kappa shape index (κ1) is 40.7. The Labute approximate surface area is 172 Å². The number of hydrogen-bond donors (Lipinski definition) is 0. The van der Waals surface area contributed by atoms with Gasteiger partial charge in [-0.25, -0.2) is 0 Å². The molecule has 0 aromatic rings. The zero-order valence-corrected chi connectivity index (χ0v) is 18.4. The third kappa shape index (κ3) is 350. The van der Waals surface area contributed by atoms with Crippen molar-refractivity contribution >= 4 is 19.4 Å². The third-order valence-electron chi connectivity index (χ3n) is 0.813. The van der Waals surface area contributed by atoms with E-state index in [1.54, 1.807) is 12.1 Å². The van der Waals surface area contributed by atoms with Crippen molar-refractivity contribution in [3.8, 4) is 12.1 Å². The number of hydrogen-bond acceptors (Lipinski definition) is 6. The molecule has 0 aromatic heterocycles. The van der Waals surface area contributed by atoms with Crippen molar-refractivity contribution in [2.45, 2.75) is 41.5 Å². The maximum absolute atomic E-state index is 10.7.